The van der Waals surface area contributed by atoms with Gasteiger partial charge in [-0.2, -0.15) is 0 Å². The average molecular weight is 838 g/mol. The van der Waals surface area contributed by atoms with E-state index >= 15 is 0 Å². The van der Waals surface area contributed by atoms with E-state index in [4.69, 9.17) is 9.97 Å². The van der Waals surface area contributed by atoms with E-state index in [-0.39, 0.29) is 42.5 Å². The van der Waals surface area contributed by atoms with Crippen LogP contribution in [-0.2, 0) is 44.2 Å². The number of carbonyl (C=O) groups excluding carboxylic acids is 1. The molecule has 5 rings (SSSR count). The fourth-order valence-electron chi connectivity index (χ4n) is 6.56. The minimum atomic E-state index is -0.337. The van der Waals surface area contributed by atoms with Gasteiger partial charge < -0.3 is 5.11 Å². The number of benzene rings is 2. The molecule has 0 saturated carbocycles. The monoisotopic (exact) mass is 838 g/mol. The summed E-state index contributed by atoms with van der Waals surface area (Å²) in [6.07, 6.45) is 11.9. The summed E-state index contributed by atoms with van der Waals surface area (Å²) in [5.41, 5.74) is 9.43. The molecule has 0 aliphatic heterocycles. The van der Waals surface area contributed by atoms with Crippen LogP contribution in [0.3, 0.4) is 0 Å². The SMILES string of the molecule is CC(C)Cc1cc2c(cn1)-c1ccnc(-c3[c-]c4ccccc4c(C(C)C)c3)c1CC2.CCC(C)(CC)C(=O)/C=C(\O)C(C)(CC)CC.[Ir]. The quantitative estimate of drug-likeness (QED) is 0.0928. The third-order valence-corrected chi connectivity index (χ3v) is 10.9. The van der Waals surface area contributed by atoms with Crippen LogP contribution in [-0.4, -0.2) is 20.9 Å². The van der Waals surface area contributed by atoms with Gasteiger partial charge in [0.1, 0.15) is 5.76 Å². The van der Waals surface area contributed by atoms with Gasteiger partial charge >= 0.3 is 0 Å². The van der Waals surface area contributed by atoms with Crippen molar-refractivity contribution in [3.05, 3.63) is 95.1 Å². The smallest absolute Gasteiger partial charge is 0.164 e. The van der Waals surface area contributed by atoms with Crippen molar-refractivity contribution in [1.29, 1.82) is 0 Å². The zero-order chi connectivity index (χ0) is 35.2. The maximum absolute atomic E-state index is 12.2. The first-order valence-electron chi connectivity index (χ1n) is 18.2. The van der Waals surface area contributed by atoms with Gasteiger partial charge in [0.2, 0.25) is 0 Å². The zero-order valence-electron chi connectivity index (χ0n) is 31.5. The van der Waals surface area contributed by atoms with Crippen LogP contribution in [0.4, 0.5) is 0 Å². The zero-order valence-corrected chi connectivity index (χ0v) is 33.9. The van der Waals surface area contributed by atoms with Crippen molar-refractivity contribution in [1.82, 2.24) is 9.97 Å². The van der Waals surface area contributed by atoms with Crippen molar-refractivity contribution < 1.29 is 30.0 Å². The summed E-state index contributed by atoms with van der Waals surface area (Å²) in [4.78, 5) is 21.8. The Labute approximate surface area is 309 Å². The number of aromatic nitrogens is 2. The number of ketones is 1. The van der Waals surface area contributed by atoms with Crippen LogP contribution in [0.1, 0.15) is 123 Å². The number of allylic oxidation sites excluding steroid dienone is 2. The van der Waals surface area contributed by atoms with Crippen LogP contribution in [0.2, 0.25) is 0 Å². The number of pyridine rings is 2. The van der Waals surface area contributed by atoms with Crippen molar-refractivity contribution in [2.45, 2.75) is 120 Å². The largest absolute Gasteiger partial charge is 0.512 e. The second-order valence-corrected chi connectivity index (χ2v) is 14.9. The molecule has 4 nitrogen and oxygen atoms in total. The number of fused-ring (bicyclic) bond motifs is 4. The molecule has 0 unspecified atom stereocenters. The van der Waals surface area contributed by atoms with Gasteiger partial charge in [-0.05, 0) is 85.6 Å². The predicted molar refractivity (Wildman–Crippen MR) is 202 cm³/mol. The Balaban J connectivity index is 0.000000312. The molecular weight excluding hydrogens is 781 g/mol. The second-order valence-electron chi connectivity index (χ2n) is 14.9. The Morgan fingerprint density at radius 2 is 1.55 bits per heavy atom. The molecule has 4 aromatic rings. The van der Waals surface area contributed by atoms with Crippen molar-refractivity contribution in [2.24, 2.45) is 16.7 Å². The molecule has 0 saturated heterocycles. The number of aliphatic hydroxyl groups is 1. The molecule has 1 radical (unpaired) electrons. The van der Waals surface area contributed by atoms with Crippen LogP contribution in [0, 0.1) is 22.8 Å². The fourth-order valence-corrected chi connectivity index (χ4v) is 6.56. The Morgan fingerprint density at radius 3 is 2.16 bits per heavy atom. The average Bonchev–Trinajstić information content (AvgIpc) is 3.09. The molecule has 265 valence electrons. The molecule has 0 atom stereocenters. The summed E-state index contributed by atoms with van der Waals surface area (Å²) in [5.74, 6) is 1.35. The van der Waals surface area contributed by atoms with E-state index in [1.807, 2.05) is 47.7 Å². The summed E-state index contributed by atoms with van der Waals surface area (Å²) in [6.45, 7) is 21.1. The molecule has 0 bridgehead atoms. The molecule has 49 heavy (non-hydrogen) atoms. The van der Waals surface area contributed by atoms with E-state index in [0.29, 0.717) is 11.8 Å². The van der Waals surface area contributed by atoms with Gasteiger partial charge in [-0.3, -0.25) is 14.8 Å². The first kappa shape index (κ1) is 40.3. The number of hydrogen-bond donors (Lipinski definition) is 1. The third kappa shape index (κ3) is 8.97. The topological polar surface area (TPSA) is 63.1 Å². The standard InChI is InChI=1S/C29H29N2.C15H28O2.Ir/c1-18(2)13-23-15-21-9-10-26-25(28(21)17-31-23)11-12-30-29(26)22-14-20-7-5-6-8-24(20)27(16-22)19(3)4;1-7-14(5,8-2)12(16)11-13(17)15(6,9-3)10-4;/h5-8,11-12,15-19H,9-10,13H2,1-4H3;11,16H,7-10H2,1-6H3;/q-1;;/b;12-11-;. The van der Waals surface area contributed by atoms with Gasteiger partial charge in [0.05, 0.1) is 0 Å². The second kappa shape index (κ2) is 17.2. The van der Waals surface area contributed by atoms with E-state index in [1.54, 1.807) is 0 Å². The van der Waals surface area contributed by atoms with E-state index in [1.165, 1.54) is 50.4 Å². The number of aryl methyl sites for hydroxylation is 1. The van der Waals surface area contributed by atoms with Crippen molar-refractivity contribution in [3.63, 3.8) is 0 Å². The molecule has 2 heterocycles. The van der Waals surface area contributed by atoms with E-state index in [0.717, 1.165) is 56.2 Å². The molecule has 1 N–H and O–H groups in total. The van der Waals surface area contributed by atoms with Crippen LogP contribution in [0.25, 0.3) is 33.2 Å². The summed E-state index contributed by atoms with van der Waals surface area (Å²) in [5, 5.41) is 12.6. The molecule has 0 amide bonds. The fraction of sp³-hybridized carbons (Fsp3) is 0.477. The minimum Gasteiger partial charge on any atom is -0.512 e. The summed E-state index contributed by atoms with van der Waals surface area (Å²) >= 11 is 0. The molecule has 5 heteroatoms. The molecule has 0 spiro atoms. The molecular formula is C44H57IrN2O2-. The molecule has 1 aliphatic carbocycles. The number of aliphatic hydroxyl groups excluding tert-OH is 1. The Bertz CT molecular complexity index is 1760. The van der Waals surface area contributed by atoms with Crippen molar-refractivity contribution in [2.75, 3.05) is 0 Å². The van der Waals surface area contributed by atoms with E-state index < -0.39 is 0 Å². The summed E-state index contributed by atoms with van der Waals surface area (Å²) in [7, 11) is 0. The maximum Gasteiger partial charge on any atom is 0.164 e. The van der Waals surface area contributed by atoms with Crippen LogP contribution in [0.5, 0.6) is 0 Å². The molecule has 0 fully saturated rings. The molecule has 2 aromatic heterocycles. The van der Waals surface area contributed by atoms with Gasteiger partial charge in [-0.1, -0.05) is 98.4 Å². The molecule has 1 aliphatic rings. The number of rotatable bonds is 11. The predicted octanol–water partition coefficient (Wildman–Crippen LogP) is 11.8. The minimum absolute atomic E-state index is 0. The number of carbonyl (C=O) groups is 1. The van der Waals surface area contributed by atoms with Gasteiger partial charge in [-0.15, -0.1) is 29.1 Å². The Morgan fingerprint density at radius 1 is 0.898 bits per heavy atom. The first-order valence-corrected chi connectivity index (χ1v) is 18.2. The van der Waals surface area contributed by atoms with Crippen molar-refractivity contribution >= 4 is 16.6 Å². The molecule has 2 aromatic carbocycles. The third-order valence-electron chi connectivity index (χ3n) is 10.9. The van der Waals surface area contributed by atoms with Crippen LogP contribution in [0.15, 0.2) is 66.7 Å². The van der Waals surface area contributed by atoms with E-state index in [2.05, 4.69) is 82.4 Å². The van der Waals surface area contributed by atoms with Crippen molar-refractivity contribution in [3.8, 4) is 22.4 Å². The van der Waals surface area contributed by atoms with Gasteiger partial charge in [-0.25, -0.2) is 0 Å². The Kier molecular flexibility index (Phi) is 14.1. The number of hydrogen-bond acceptors (Lipinski definition) is 4. The number of nitrogens with zero attached hydrogens (tertiary/aromatic N) is 2. The van der Waals surface area contributed by atoms with E-state index in [9.17, 15) is 9.90 Å². The van der Waals surface area contributed by atoms with Gasteiger partial charge in [0.15, 0.2) is 5.78 Å². The van der Waals surface area contributed by atoms with Gasteiger partial charge in [0, 0.05) is 66.4 Å². The summed E-state index contributed by atoms with van der Waals surface area (Å²) in [6, 6.07) is 19.0. The first-order chi connectivity index (χ1) is 22.8. The van der Waals surface area contributed by atoms with Crippen LogP contribution >= 0.6 is 0 Å². The Hall–Kier alpha value is -3.14. The maximum atomic E-state index is 12.2. The van der Waals surface area contributed by atoms with Crippen LogP contribution < -0.4 is 0 Å². The normalized spacial score (nSPS) is 13.0. The summed E-state index contributed by atoms with van der Waals surface area (Å²) < 4.78 is 0. The van der Waals surface area contributed by atoms with Gasteiger partial charge in [0.25, 0.3) is 0 Å².